The molecule has 0 atom stereocenters. The third kappa shape index (κ3) is 2.98. The fourth-order valence-electron chi connectivity index (χ4n) is 3.40. The minimum absolute atomic E-state index is 0.00120. The summed E-state index contributed by atoms with van der Waals surface area (Å²) in [4.78, 5) is 12.7. The van der Waals surface area contributed by atoms with E-state index in [2.05, 4.69) is 36.5 Å². The average molecular weight is 287 g/mol. The van der Waals surface area contributed by atoms with E-state index in [4.69, 9.17) is 4.74 Å². The second kappa shape index (κ2) is 5.45. The highest BCUT2D eigenvalue weighted by atomic mass is 16.5. The average Bonchev–Trinajstić information content (AvgIpc) is 3.13. The number of hydrogen-bond acceptors (Lipinski definition) is 2. The number of ether oxygens (including phenoxy) is 1. The van der Waals surface area contributed by atoms with Crippen molar-refractivity contribution >= 4 is 5.91 Å². The van der Waals surface area contributed by atoms with Gasteiger partial charge in [-0.25, -0.2) is 0 Å². The van der Waals surface area contributed by atoms with Crippen LogP contribution in [0.1, 0.15) is 43.2 Å². The molecule has 114 valence electrons. The predicted octanol–water partition coefficient (Wildman–Crippen LogP) is 3.00. The zero-order chi connectivity index (χ0) is 14.9. The Morgan fingerprint density at radius 3 is 2.57 bits per heavy atom. The van der Waals surface area contributed by atoms with Gasteiger partial charge in [-0.1, -0.05) is 36.2 Å². The number of benzene rings is 1. The Morgan fingerprint density at radius 1 is 1.29 bits per heavy atom. The molecular formula is C18H25NO2. The molecule has 0 spiro atoms. The van der Waals surface area contributed by atoms with Crippen molar-refractivity contribution in [3.8, 4) is 0 Å². The van der Waals surface area contributed by atoms with Crippen LogP contribution in [0.2, 0.25) is 0 Å². The van der Waals surface area contributed by atoms with Gasteiger partial charge < -0.3 is 10.1 Å². The maximum atomic E-state index is 12.7. The smallest absolute Gasteiger partial charge is 0.228 e. The van der Waals surface area contributed by atoms with E-state index in [1.54, 1.807) is 7.11 Å². The van der Waals surface area contributed by atoms with E-state index >= 15 is 0 Å². The fraction of sp³-hybridized carbons (Fsp3) is 0.611. The molecule has 1 N–H and O–H groups in total. The van der Waals surface area contributed by atoms with Crippen LogP contribution < -0.4 is 5.32 Å². The number of hydrogen-bond donors (Lipinski definition) is 1. The van der Waals surface area contributed by atoms with Crippen molar-refractivity contribution < 1.29 is 9.53 Å². The number of carbonyl (C=O) groups excluding carboxylic acids is 1. The molecular weight excluding hydrogens is 262 g/mol. The number of methoxy groups -OCH3 is 1. The van der Waals surface area contributed by atoms with Gasteiger partial charge in [-0.15, -0.1) is 0 Å². The second-order valence-corrected chi connectivity index (χ2v) is 6.97. The molecule has 2 fully saturated rings. The normalized spacial score (nSPS) is 21.4. The van der Waals surface area contributed by atoms with Crippen LogP contribution in [-0.2, 0) is 16.0 Å². The van der Waals surface area contributed by atoms with Gasteiger partial charge in [-0.05, 0) is 44.6 Å². The summed E-state index contributed by atoms with van der Waals surface area (Å²) in [5.41, 5.74) is 2.35. The first-order valence-corrected chi connectivity index (χ1v) is 7.95. The van der Waals surface area contributed by atoms with Gasteiger partial charge in [-0.3, -0.25) is 4.79 Å². The van der Waals surface area contributed by atoms with E-state index in [1.165, 1.54) is 11.1 Å². The van der Waals surface area contributed by atoms with Gasteiger partial charge in [-0.2, -0.15) is 0 Å². The molecule has 0 heterocycles. The van der Waals surface area contributed by atoms with Gasteiger partial charge >= 0.3 is 0 Å². The summed E-state index contributed by atoms with van der Waals surface area (Å²) < 4.78 is 5.28. The molecule has 1 aromatic carbocycles. The second-order valence-electron chi connectivity index (χ2n) is 6.97. The molecule has 1 aromatic rings. The van der Waals surface area contributed by atoms with Crippen molar-refractivity contribution in [1.29, 1.82) is 0 Å². The Bertz CT molecular complexity index is 530. The van der Waals surface area contributed by atoms with Gasteiger partial charge in [0.25, 0.3) is 0 Å². The zero-order valence-electron chi connectivity index (χ0n) is 13.1. The van der Waals surface area contributed by atoms with Gasteiger partial charge in [0.05, 0.1) is 12.0 Å². The van der Waals surface area contributed by atoms with E-state index in [0.29, 0.717) is 6.61 Å². The number of amides is 1. The number of nitrogens with one attached hydrogen (secondary N) is 1. The van der Waals surface area contributed by atoms with Crippen LogP contribution in [0.5, 0.6) is 0 Å². The van der Waals surface area contributed by atoms with Crippen molar-refractivity contribution in [2.45, 2.75) is 51.0 Å². The van der Waals surface area contributed by atoms with Crippen molar-refractivity contribution in [2.75, 3.05) is 13.7 Å². The van der Waals surface area contributed by atoms with Gasteiger partial charge in [0, 0.05) is 12.6 Å². The molecule has 1 amide bonds. The molecule has 0 unspecified atom stereocenters. The lowest BCUT2D eigenvalue weighted by Gasteiger charge is -2.40. The maximum Gasteiger partial charge on any atom is 0.228 e. The topological polar surface area (TPSA) is 38.3 Å². The Hall–Kier alpha value is -1.35. The van der Waals surface area contributed by atoms with Crippen LogP contribution in [0.15, 0.2) is 24.3 Å². The molecule has 0 aromatic heterocycles. The minimum Gasteiger partial charge on any atom is -0.384 e. The van der Waals surface area contributed by atoms with Crippen molar-refractivity contribution in [2.24, 2.45) is 5.41 Å². The summed E-state index contributed by atoms with van der Waals surface area (Å²) in [5.74, 6) is 0.209. The summed E-state index contributed by atoms with van der Waals surface area (Å²) in [5, 5.41) is 3.34. The standard InChI is InChI=1S/C18H25NO2/c1-14-5-3-6-15(11-14)12-18(9-10-18)19-16(20)17(13-21-2)7-4-8-17/h3,5-6,11H,4,7-10,12-13H2,1-2H3,(H,19,20). The summed E-state index contributed by atoms with van der Waals surface area (Å²) in [6.45, 7) is 2.67. The quantitative estimate of drug-likeness (QED) is 0.873. The Labute approximate surface area is 127 Å². The Kier molecular flexibility index (Phi) is 3.78. The Balaban J connectivity index is 1.65. The van der Waals surface area contributed by atoms with Crippen LogP contribution in [-0.4, -0.2) is 25.2 Å². The summed E-state index contributed by atoms with van der Waals surface area (Å²) in [6, 6.07) is 8.60. The molecule has 2 aliphatic carbocycles. The summed E-state index contributed by atoms with van der Waals surface area (Å²) >= 11 is 0. The van der Waals surface area contributed by atoms with Crippen LogP contribution in [0.4, 0.5) is 0 Å². The summed E-state index contributed by atoms with van der Waals surface area (Å²) in [7, 11) is 1.69. The van der Waals surface area contributed by atoms with Crippen LogP contribution in [0, 0.1) is 12.3 Å². The first-order chi connectivity index (χ1) is 10.1. The van der Waals surface area contributed by atoms with Crippen molar-refractivity contribution in [1.82, 2.24) is 5.32 Å². The largest absolute Gasteiger partial charge is 0.384 e. The molecule has 3 rings (SSSR count). The Morgan fingerprint density at radius 2 is 2.05 bits per heavy atom. The van der Waals surface area contributed by atoms with E-state index in [1.807, 2.05) is 0 Å². The molecule has 21 heavy (non-hydrogen) atoms. The van der Waals surface area contributed by atoms with Crippen LogP contribution in [0.3, 0.4) is 0 Å². The third-order valence-corrected chi connectivity index (χ3v) is 5.07. The first kappa shape index (κ1) is 14.6. The van der Waals surface area contributed by atoms with E-state index in [9.17, 15) is 4.79 Å². The highest BCUT2D eigenvalue weighted by molar-refractivity contribution is 5.84. The molecule has 2 saturated carbocycles. The lowest BCUT2D eigenvalue weighted by Crippen LogP contribution is -2.52. The van der Waals surface area contributed by atoms with E-state index < -0.39 is 0 Å². The predicted molar refractivity (Wildman–Crippen MR) is 83.2 cm³/mol. The van der Waals surface area contributed by atoms with Gasteiger partial charge in [0.2, 0.25) is 5.91 Å². The third-order valence-electron chi connectivity index (χ3n) is 5.07. The molecule has 0 saturated heterocycles. The van der Waals surface area contributed by atoms with Crippen molar-refractivity contribution in [3.63, 3.8) is 0 Å². The van der Waals surface area contributed by atoms with Gasteiger partial charge in [0.15, 0.2) is 0 Å². The number of carbonyl (C=O) groups is 1. The summed E-state index contributed by atoms with van der Waals surface area (Å²) in [6.07, 6.45) is 6.21. The minimum atomic E-state index is -0.253. The molecule has 0 bridgehead atoms. The first-order valence-electron chi connectivity index (χ1n) is 7.95. The van der Waals surface area contributed by atoms with E-state index in [-0.39, 0.29) is 16.9 Å². The maximum absolute atomic E-state index is 12.7. The molecule has 3 heteroatoms. The number of aryl methyl sites for hydroxylation is 1. The lowest BCUT2D eigenvalue weighted by molar-refractivity contribution is -0.141. The van der Waals surface area contributed by atoms with Crippen molar-refractivity contribution in [3.05, 3.63) is 35.4 Å². The highest BCUT2D eigenvalue weighted by Crippen LogP contribution is 2.45. The van der Waals surface area contributed by atoms with Gasteiger partial charge in [0.1, 0.15) is 0 Å². The highest BCUT2D eigenvalue weighted by Gasteiger charge is 2.50. The monoisotopic (exact) mass is 287 g/mol. The van der Waals surface area contributed by atoms with Crippen LogP contribution in [0.25, 0.3) is 0 Å². The molecule has 0 aliphatic heterocycles. The molecule has 0 radical (unpaired) electrons. The SMILES string of the molecule is COCC1(C(=O)NC2(Cc3cccc(C)c3)CC2)CCC1. The number of rotatable bonds is 6. The molecule has 3 nitrogen and oxygen atoms in total. The lowest BCUT2D eigenvalue weighted by atomic mass is 9.68. The van der Waals surface area contributed by atoms with Crippen LogP contribution >= 0.6 is 0 Å². The van der Waals surface area contributed by atoms with E-state index in [0.717, 1.165) is 38.5 Å². The fourth-order valence-corrected chi connectivity index (χ4v) is 3.40. The zero-order valence-corrected chi connectivity index (χ0v) is 13.1. The molecule has 2 aliphatic rings.